The monoisotopic (exact) mass is 464 g/mol. The third kappa shape index (κ3) is 14.1. The summed E-state index contributed by atoms with van der Waals surface area (Å²) < 4.78 is 25.7. The SMILES string of the molecule is CN(C)CCCCCC(=O)NCCC[Si](O[Si](C)(C)C)(O[Si](C)(C)C)[Si](C)=O. The Labute approximate surface area is 177 Å². The first-order valence-electron chi connectivity index (χ1n) is 10.5. The topological polar surface area (TPSA) is 67.9 Å². The van der Waals surface area contributed by atoms with Crippen LogP contribution in [0, 0.1) is 0 Å². The third-order valence-electron chi connectivity index (χ3n) is 3.99. The van der Waals surface area contributed by atoms with Gasteiger partial charge in [-0.15, -0.1) is 0 Å². The van der Waals surface area contributed by atoms with Crippen LogP contribution in [0.2, 0.25) is 51.9 Å². The van der Waals surface area contributed by atoms with Crippen molar-refractivity contribution in [1.82, 2.24) is 10.2 Å². The van der Waals surface area contributed by atoms with Crippen LogP contribution < -0.4 is 5.32 Å². The molecule has 0 rings (SSSR count). The van der Waals surface area contributed by atoms with E-state index in [1.165, 1.54) is 0 Å². The molecular weight excluding hydrogens is 421 g/mol. The minimum atomic E-state index is -2.75. The van der Waals surface area contributed by atoms with E-state index in [0.717, 1.165) is 32.2 Å². The Kier molecular flexibility index (Phi) is 12.7. The standard InChI is InChI=1S/C18H44N2O4Si4/c1-20(2)16-12-10-11-14-18(21)19-15-13-17-28(25(3)22,23-26(4,5)6)24-27(7,8)9/h10-17H2,1-9H3,(H,19,21). The summed E-state index contributed by atoms with van der Waals surface area (Å²) in [5.41, 5.74) is 0. The van der Waals surface area contributed by atoms with Crippen LogP contribution >= 0.6 is 0 Å². The molecule has 0 bridgehead atoms. The highest BCUT2D eigenvalue weighted by molar-refractivity contribution is 7.24. The summed E-state index contributed by atoms with van der Waals surface area (Å²) in [6.45, 7) is 16.2. The van der Waals surface area contributed by atoms with Crippen molar-refractivity contribution in [3.63, 3.8) is 0 Å². The van der Waals surface area contributed by atoms with E-state index in [2.05, 4.69) is 63.6 Å². The van der Waals surface area contributed by atoms with Gasteiger partial charge in [0.1, 0.15) is 0 Å². The van der Waals surface area contributed by atoms with Crippen molar-refractivity contribution in [3.05, 3.63) is 0 Å². The van der Waals surface area contributed by atoms with Crippen LogP contribution in [-0.2, 0) is 17.5 Å². The molecular formula is C18H44N2O4Si4. The van der Waals surface area contributed by atoms with E-state index in [1.807, 2.05) is 0 Å². The summed E-state index contributed by atoms with van der Waals surface area (Å²) in [5, 5.41) is 3.01. The molecule has 0 aromatic rings. The predicted molar refractivity (Wildman–Crippen MR) is 126 cm³/mol. The number of amides is 1. The van der Waals surface area contributed by atoms with Gasteiger partial charge in [-0.1, -0.05) is 6.42 Å². The lowest BCUT2D eigenvalue weighted by atomic mass is 10.2. The van der Waals surface area contributed by atoms with Gasteiger partial charge >= 0.3 is 16.3 Å². The molecule has 10 heteroatoms. The fourth-order valence-corrected chi connectivity index (χ4v) is 24.1. The van der Waals surface area contributed by atoms with E-state index < -0.39 is 32.9 Å². The van der Waals surface area contributed by atoms with Crippen molar-refractivity contribution in [2.45, 2.75) is 84.0 Å². The van der Waals surface area contributed by atoms with Crippen molar-refractivity contribution in [2.24, 2.45) is 0 Å². The van der Waals surface area contributed by atoms with Crippen LogP contribution in [-0.4, -0.2) is 70.9 Å². The predicted octanol–water partition coefficient (Wildman–Crippen LogP) is 3.89. The van der Waals surface area contributed by atoms with Crippen molar-refractivity contribution in [2.75, 3.05) is 27.2 Å². The summed E-state index contributed by atoms with van der Waals surface area (Å²) in [7, 11) is -4.30. The lowest BCUT2D eigenvalue weighted by Gasteiger charge is -2.39. The maximum absolute atomic E-state index is 12.8. The van der Waals surface area contributed by atoms with Crippen LogP contribution in [0.15, 0.2) is 0 Å². The van der Waals surface area contributed by atoms with Gasteiger partial charge in [-0.25, -0.2) is 0 Å². The van der Waals surface area contributed by atoms with Crippen LogP contribution in [0.3, 0.4) is 0 Å². The highest BCUT2D eigenvalue weighted by atomic mass is 29.2. The number of rotatable bonds is 15. The molecule has 0 aromatic carbocycles. The molecule has 0 saturated carbocycles. The number of hydrogen-bond donors (Lipinski definition) is 1. The van der Waals surface area contributed by atoms with Crippen LogP contribution in [0.5, 0.6) is 0 Å². The van der Waals surface area contributed by atoms with Gasteiger partial charge in [0.25, 0.3) is 0 Å². The molecule has 0 unspecified atom stereocenters. The fraction of sp³-hybridized carbons (Fsp3) is 0.944. The summed E-state index contributed by atoms with van der Waals surface area (Å²) in [6, 6.07) is 0.693. The highest BCUT2D eigenvalue weighted by Gasteiger charge is 2.49. The maximum atomic E-state index is 12.8. The highest BCUT2D eigenvalue weighted by Crippen LogP contribution is 2.25. The zero-order chi connectivity index (χ0) is 22.0. The van der Waals surface area contributed by atoms with Gasteiger partial charge in [-0.3, -0.25) is 4.79 Å². The molecule has 0 spiro atoms. The van der Waals surface area contributed by atoms with Gasteiger partial charge in [0.15, 0.2) is 16.6 Å². The molecule has 1 N–H and O–H groups in total. The molecule has 0 radical (unpaired) electrons. The second-order valence-corrected chi connectivity index (χ2v) is 27.4. The average molecular weight is 465 g/mol. The van der Waals surface area contributed by atoms with E-state index in [1.54, 1.807) is 6.55 Å². The number of hydrogen-bond acceptors (Lipinski definition) is 5. The Morgan fingerprint density at radius 3 is 1.89 bits per heavy atom. The van der Waals surface area contributed by atoms with Crippen molar-refractivity contribution >= 4 is 38.8 Å². The van der Waals surface area contributed by atoms with Gasteiger partial charge < -0.3 is 22.9 Å². The molecule has 28 heavy (non-hydrogen) atoms. The molecule has 0 fully saturated rings. The summed E-state index contributed by atoms with van der Waals surface area (Å²) >= 11 is 0. The summed E-state index contributed by atoms with van der Waals surface area (Å²) in [4.78, 5) is 14.2. The van der Waals surface area contributed by atoms with Gasteiger partial charge in [-0.05, 0) is 91.8 Å². The minimum absolute atomic E-state index is 0.110. The number of nitrogens with one attached hydrogen (secondary N) is 1. The molecule has 0 aliphatic heterocycles. The molecule has 0 aromatic heterocycles. The number of carbonyl (C=O) groups excluding carboxylic acids is 1. The molecule has 0 atom stereocenters. The van der Waals surface area contributed by atoms with Crippen LogP contribution in [0.25, 0.3) is 0 Å². The molecule has 166 valence electrons. The molecule has 0 heterocycles. The van der Waals surface area contributed by atoms with Crippen LogP contribution in [0.1, 0.15) is 32.1 Å². The first-order chi connectivity index (χ1) is 12.7. The first kappa shape index (κ1) is 28.0. The Bertz CT molecular complexity index is 475. The van der Waals surface area contributed by atoms with Crippen LogP contribution in [0.4, 0.5) is 0 Å². The van der Waals surface area contributed by atoms with Gasteiger partial charge in [0, 0.05) is 13.0 Å². The Morgan fingerprint density at radius 1 is 0.929 bits per heavy atom. The second-order valence-electron chi connectivity index (χ2n) is 9.81. The average Bonchev–Trinajstić information content (AvgIpc) is 2.47. The normalized spacial score (nSPS) is 13.1. The van der Waals surface area contributed by atoms with E-state index in [9.17, 15) is 9.26 Å². The number of nitrogens with zero attached hydrogens (tertiary/aromatic N) is 1. The maximum Gasteiger partial charge on any atom is 0.364 e. The second kappa shape index (κ2) is 12.7. The Morgan fingerprint density at radius 2 is 1.46 bits per heavy atom. The summed E-state index contributed by atoms with van der Waals surface area (Å²) in [6.07, 6.45) is 4.47. The van der Waals surface area contributed by atoms with Gasteiger partial charge in [-0.2, -0.15) is 0 Å². The van der Waals surface area contributed by atoms with Crippen molar-refractivity contribution in [1.29, 1.82) is 0 Å². The summed E-state index contributed by atoms with van der Waals surface area (Å²) in [5.74, 6) is 0.110. The van der Waals surface area contributed by atoms with Crippen molar-refractivity contribution in [3.8, 4) is 0 Å². The van der Waals surface area contributed by atoms with E-state index >= 15 is 0 Å². The number of carbonyl (C=O) groups is 1. The zero-order valence-corrected chi connectivity index (χ0v) is 23.7. The fourth-order valence-electron chi connectivity index (χ4n) is 2.96. The minimum Gasteiger partial charge on any atom is -0.435 e. The molecule has 0 aliphatic carbocycles. The smallest absolute Gasteiger partial charge is 0.364 e. The molecule has 0 saturated heterocycles. The Hall–Kier alpha value is 0.0175. The lowest BCUT2D eigenvalue weighted by Crippen LogP contribution is -2.60. The van der Waals surface area contributed by atoms with Crippen molar-refractivity contribution < 1.29 is 17.5 Å². The Balaban J connectivity index is 4.55. The molecule has 0 aliphatic rings. The van der Waals surface area contributed by atoms with E-state index in [0.29, 0.717) is 19.0 Å². The lowest BCUT2D eigenvalue weighted by molar-refractivity contribution is -0.121. The van der Waals surface area contributed by atoms with E-state index in [4.69, 9.17) is 8.23 Å². The number of unbranched alkanes of at least 4 members (excludes halogenated alkanes) is 2. The quantitative estimate of drug-likeness (QED) is 0.294. The third-order valence-corrected chi connectivity index (χ3v) is 19.4. The first-order valence-corrected chi connectivity index (χ1v) is 22.2. The molecule has 1 amide bonds. The zero-order valence-electron chi connectivity index (χ0n) is 19.7. The van der Waals surface area contributed by atoms with Gasteiger partial charge in [0.05, 0.1) is 0 Å². The van der Waals surface area contributed by atoms with E-state index in [-0.39, 0.29) is 5.91 Å². The largest absolute Gasteiger partial charge is 0.435 e. The molecule has 6 nitrogen and oxygen atoms in total. The van der Waals surface area contributed by atoms with Gasteiger partial charge in [0.2, 0.25) is 5.91 Å².